The molecule has 9 heteroatoms. The number of amides is 1. The second kappa shape index (κ2) is 9.55. The van der Waals surface area contributed by atoms with Gasteiger partial charge < -0.3 is 20.2 Å². The van der Waals surface area contributed by atoms with Crippen molar-refractivity contribution < 1.29 is 9.90 Å². The van der Waals surface area contributed by atoms with Gasteiger partial charge in [-0.15, -0.1) is 0 Å². The van der Waals surface area contributed by atoms with E-state index < -0.39 is 6.09 Å². The van der Waals surface area contributed by atoms with Crippen LogP contribution in [0.5, 0.6) is 0 Å². The fraction of sp³-hybridized carbons (Fsp3) is 0.231. The van der Waals surface area contributed by atoms with Crippen LogP contribution in [-0.2, 0) is 0 Å². The van der Waals surface area contributed by atoms with E-state index in [4.69, 9.17) is 4.98 Å². The summed E-state index contributed by atoms with van der Waals surface area (Å²) >= 11 is 0. The topological polar surface area (TPSA) is 107 Å². The maximum atomic E-state index is 11.3. The van der Waals surface area contributed by atoms with Crippen LogP contribution in [-0.4, -0.2) is 64.3 Å². The van der Waals surface area contributed by atoms with Crippen LogP contribution in [0.1, 0.15) is 5.56 Å². The molecular formula is C26H27N7O2. The SMILES string of the molecule is Cc1ccncc1-c1ccc(NC(=O)O)c2cnc(Nc3ccc(N4CCN(C)CC4)cc3)nc12. The molecule has 2 aromatic heterocycles. The third-order valence-electron chi connectivity index (χ3n) is 6.31. The van der Waals surface area contributed by atoms with Gasteiger partial charge in [0.15, 0.2) is 0 Å². The molecular weight excluding hydrogens is 442 g/mol. The lowest BCUT2D eigenvalue weighted by Gasteiger charge is -2.34. The largest absolute Gasteiger partial charge is 0.465 e. The van der Waals surface area contributed by atoms with Crippen LogP contribution in [0.15, 0.2) is 61.1 Å². The predicted molar refractivity (Wildman–Crippen MR) is 139 cm³/mol. The Morgan fingerprint density at radius 3 is 2.46 bits per heavy atom. The molecule has 0 spiro atoms. The van der Waals surface area contributed by atoms with Gasteiger partial charge in [-0.25, -0.2) is 14.8 Å². The van der Waals surface area contributed by atoms with Crippen LogP contribution >= 0.6 is 0 Å². The smallest absolute Gasteiger partial charge is 0.409 e. The minimum Gasteiger partial charge on any atom is -0.465 e. The number of hydrogen-bond acceptors (Lipinski definition) is 7. The number of likely N-dealkylation sites (N-methyl/N-ethyl adjacent to an activating group) is 1. The fourth-order valence-electron chi connectivity index (χ4n) is 4.32. The minimum atomic E-state index is -1.14. The first-order valence-corrected chi connectivity index (χ1v) is 11.5. The molecule has 0 bridgehead atoms. The number of nitrogens with zero attached hydrogens (tertiary/aromatic N) is 5. The number of aryl methyl sites for hydroxylation is 1. The van der Waals surface area contributed by atoms with Gasteiger partial charge in [-0.1, -0.05) is 6.07 Å². The summed E-state index contributed by atoms with van der Waals surface area (Å²) in [7, 11) is 2.15. The Morgan fingerprint density at radius 1 is 0.971 bits per heavy atom. The number of fused-ring (bicyclic) bond motifs is 1. The number of carbonyl (C=O) groups is 1. The molecule has 1 fully saturated rings. The van der Waals surface area contributed by atoms with E-state index in [0.717, 1.165) is 48.6 Å². The van der Waals surface area contributed by atoms with Crippen LogP contribution in [0.3, 0.4) is 0 Å². The molecule has 0 radical (unpaired) electrons. The second-order valence-corrected chi connectivity index (χ2v) is 8.70. The zero-order valence-electron chi connectivity index (χ0n) is 19.7. The third-order valence-corrected chi connectivity index (χ3v) is 6.31. The van der Waals surface area contributed by atoms with Crippen molar-refractivity contribution in [1.82, 2.24) is 19.9 Å². The standard InChI is InChI=1S/C26H27N7O2/c1-17-9-10-27-15-21(17)20-7-8-23(30-26(34)35)22-16-28-25(31-24(20)22)29-18-3-5-19(6-4-18)33-13-11-32(2)12-14-33/h3-10,15-16,30H,11-14H2,1-2H3,(H,34,35)(H,28,29,31). The van der Waals surface area contributed by atoms with E-state index in [-0.39, 0.29) is 0 Å². The lowest BCUT2D eigenvalue weighted by molar-refractivity contribution is 0.210. The summed E-state index contributed by atoms with van der Waals surface area (Å²) in [4.78, 5) is 29.5. The Balaban J connectivity index is 1.47. The van der Waals surface area contributed by atoms with Crippen LogP contribution < -0.4 is 15.5 Å². The average molecular weight is 470 g/mol. The molecule has 3 heterocycles. The van der Waals surface area contributed by atoms with E-state index in [9.17, 15) is 9.90 Å². The Labute approximate surface area is 203 Å². The molecule has 4 aromatic rings. The maximum Gasteiger partial charge on any atom is 0.409 e. The van der Waals surface area contributed by atoms with Crippen LogP contribution in [0.25, 0.3) is 22.0 Å². The summed E-state index contributed by atoms with van der Waals surface area (Å²) in [5, 5.41) is 15.6. The molecule has 178 valence electrons. The lowest BCUT2D eigenvalue weighted by Crippen LogP contribution is -2.44. The van der Waals surface area contributed by atoms with Crippen molar-refractivity contribution in [3.8, 4) is 11.1 Å². The molecule has 1 aliphatic heterocycles. The number of carboxylic acid groups (broad SMARTS) is 1. The van der Waals surface area contributed by atoms with E-state index in [0.29, 0.717) is 22.5 Å². The second-order valence-electron chi connectivity index (χ2n) is 8.70. The molecule has 35 heavy (non-hydrogen) atoms. The van der Waals surface area contributed by atoms with Crippen molar-refractivity contribution in [1.29, 1.82) is 0 Å². The zero-order chi connectivity index (χ0) is 24.4. The van der Waals surface area contributed by atoms with Gasteiger partial charge in [0, 0.05) is 72.7 Å². The highest BCUT2D eigenvalue weighted by molar-refractivity contribution is 6.04. The van der Waals surface area contributed by atoms with E-state index in [1.54, 1.807) is 24.7 Å². The van der Waals surface area contributed by atoms with Gasteiger partial charge in [-0.05, 0) is 55.9 Å². The summed E-state index contributed by atoms with van der Waals surface area (Å²) < 4.78 is 0. The number of nitrogens with one attached hydrogen (secondary N) is 2. The number of hydrogen-bond donors (Lipinski definition) is 3. The first-order chi connectivity index (χ1) is 17.0. The van der Waals surface area contributed by atoms with Crippen molar-refractivity contribution in [2.24, 2.45) is 0 Å². The highest BCUT2D eigenvalue weighted by Crippen LogP contribution is 2.34. The first-order valence-electron chi connectivity index (χ1n) is 11.5. The lowest BCUT2D eigenvalue weighted by atomic mass is 9.99. The number of benzene rings is 2. The zero-order valence-corrected chi connectivity index (χ0v) is 19.7. The highest BCUT2D eigenvalue weighted by atomic mass is 16.4. The molecule has 9 nitrogen and oxygen atoms in total. The van der Waals surface area contributed by atoms with Crippen molar-refractivity contribution >= 4 is 40.0 Å². The van der Waals surface area contributed by atoms with E-state index in [2.05, 4.69) is 49.6 Å². The third kappa shape index (κ3) is 4.85. The van der Waals surface area contributed by atoms with Gasteiger partial charge in [0.1, 0.15) is 0 Å². The molecule has 1 aliphatic rings. The van der Waals surface area contributed by atoms with Gasteiger partial charge in [0.05, 0.1) is 11.2 Å². The van der Waals surface area contributed by atoms with Gasteiger partial charge >= 0.3 is 6.09 Å². The summed E-state index contributed by atoms with van der Waals surface area (Å²) in [6.45, 7) is 6.15. The summed E-state index contributed by atoms with van der Waals surface area (Å²) in [5.74, 6) is 0.431. The Kier molecular flexibility index (Phi) is 6.15. The number of piperazine rings is 1. The minimum absolute atomic E-state index is 0.431. The van der Waals surface area contributed by atoms with Gasteiger partial charge in [-0.2, -0.15) is 0 Å². The van der Waals surface area contributed by atoms with Crippen molar-refractivity contribution in [2.75, 3.05) is 48.8 Å². The average Bonchev–Trinajstić information content (AvgIpc) is 2.85. The molecule has 1 amide bonds. The highest BCUT2D eigenvalue weighted by Gasteiger charge is 2.16. The number of rotatable bonds is 5. The molecule has 3 N–H and O–H groups in total. The normalized spacial score (nSPS) is 14.2. The molecule has 1 saturated heterocycles. The Morgan fingerprint density at radius 2 is 1.74 bits per heavy atom. The van der Waals surface area contributed by atoms with Crippen LogP contribution in [0.2, 0.25) is 0 Å². The van der Waals surface area contributed by atoms with Crippen molar-refractivity contribution in [3.05, 3.63) is 66.6 Å². The summed E-state index contributed by atoms with van der Waals surface area (Å²) in [6, 6.07) is 13.8. The van der Waals surface area contributed by atoms with Crippen molar-refractivity contribution in [3.63, 3.8) is 0 Å². The molecule has 0 aliphatic carbocycles. The van der Waals surface area contributed by atoms with Crippen LogP contribution in [0.4, 0.5) is 27.8 Å². The maximum absolute atomic E-state index is 11.3. The number of anilines is 4. The molecule has 0 unspecified atom stereocenters. The number of pyridine rings is 1. The summed E-state index contributed by atoms with van der Waals surface area (Å²) in [5.41, 5.74) is 5.98. The number of aromatic nitrogens is 3. The van der Waals surface area contributed by atoms with Gasteiger partial charge in [0.2, 0.25) is 5.95 Å². The fourth-order valence-corrected chi connectivity index (χ4v) is 4.32. The molecule has 0 atom stereocenters. The quantitative estimate of drug-likeness (QED) is 0.390. The van der Waals surface area contributed by atoms with E-state index in [1.165, 1.54) is 5.69 Å². The van der Waals surface area contributed by atoms with Crippen molar-refractivity contribution in [2.45, 2.75) is 6.92 Å². The summed E-state index contributed by atoms with van der Waals surface area (Å²) in [6.07, 6.45) is 4.04. The van der Waals surface area contributed by atoms with Gasteiger partial charge in [-0.3, -0.25) is 10.3 Å². The van der Waals surface area contributed by atoms with Gasteiger partial charge in [0.25, 0.3) is 0 Å². The molecule has 5 rings (SSSR count). The molecule has 0 saturated carbocycles. The molecule has 2 aromatic carbocycles. The Hall–Kier alpha value is -4.24. The first kappa shape index (κ1) is 22.5. The monoisotopic (exact) mass is 469 g/mol. The Bertz CT molecular complexity index is 1370. The predicted octanol–water partition coefficient (Wildman–Crippen LogP) is 4.59. The van der Waals surface area contributed by atoms with E-state index in [1.807, 2.05) is 31.2 Å². The van der Waals surface area contributed by atoms with E-state index >= 15 is 0 Å². The van der Waals surface area contributed by atoms with Crippen LogP contribution in [0, 0.1) is 6.92 Å².